The molecule has 3 heterocycles. The Kier molecular flexibility index (Phi) is 4.10. The van der Waals surface area contributed by atoms with Crippen LogP contribution in [0.2, 0.25) is 5.02 Å². The molecule has 1 saturated heterocycles. The van der Waals surface area contributed by atoms with Gasteiger partial charge >= 0.3 is 23.9 Å². The van der Waals surface area contributed by atoms with Crippen LogP contribution in [-0.4, -0.2) is 40.1 Å². The van der Waals surface area contributed by atoms with Crippen LogP contribution in [0.5, 0.6) is 0 Å². The Morgan fingerprint density at radius 1 is 1.32 bits per heavy atom. The summed E-state index contributed by atoms with van der Waals surface area (Å²) in [7, 11) is 0. The fourth-order valence-electron chi connectivity index (χ4n) is 2.32. The van der Waals surface area contributed by atoms with Crippen molar-refractivity contribution in [2.45, 2.75) is 18.0 Å². The molecule has 3 rings (SSSR count). The van der Waals surface area contributed by atoms with Gasteiger partial charge in [-0.25, -0.2) is 10.3 Å². The molecule has 1 atom stereocenters. The minimum absolute atomic E-state index is 0.0618. The number of aliphatic imine (C=N–C) groups is 1. The van der Waals surface area contributed by atoms with Gasteiger partial charge in [-0.05, 0) is 6.07 Å². The van der Waals surface area contributed by atoms with Crippen molar-refractivity contribution in [3.05, 3.63) is 22.8 Å². The van der Waals surface area contributed by atoms with Crippen LogP contribution in [0.1, 0.15) is 5.56 Å². The molecule has 0 bridgehead atoms. The number of halogens is 7. The number of aromatic amines is 1. The highest BCUT2D eigenvalue weighted by Gasteiger charge is 2.71. The summed E-state index contributed by atoms with van der Waals surface area (Å²) in [6.07, 6.45) is -9.42. The van der Waals surface area contributed by atoms with Gasteiger partial charge in [-0.1, -0.05) is 23.4 Å². The molecule has 0 radical (unpaired) electrons. The Bertz CT molecular complexity index is 767. The summed E-state index contributed by atoms with van der Waals surface area (Å²) in [6.45, 7) is 0.0618. The second kappa shape index (κ2) is 5.66. The van der Waals surface area contributed by atoms with E-state index in [0.29, 0.717) is 18.0 Å². The second-order valence-corrected chi connectivity index (χ2v) is 6.61. The molecular formula is C12H8ClF6N4OS+. The third-order valence-corrected chi connectivity index (χ3v) is 4.79. The first-order valence-corrected chi connectivity index (χ1v) is 8.00. The van der Waals surface area contributed by atoms with Crippen molar-refractivity contribution in [2.75, 3.05) is 17.6 Å². The maximum Gasteiger partial charge on any atom is 0.464 e. The van der Waals surface area contributed by atoms with Gasteiger partial charge in [0.2, 0.25) is 0 Å². The van der Waals surface area contributed by atoms with E-state index in [-0.39, 0.29) is 11.7 Å². The lowest BCUT2D eigenvalue weighted by Crippen LogP contribution is -2.58. The number of pyridine rings is 1. The molecule has 0 aliphatic carbocycles. The number of thioether (sulfide) groups is 1. The van der Waals surface area contributed by atoms with Crippen LogP contribution in [0.3, 0.4) is 0 Å². The van der Waals surface area contributed by atoms with E-state index in [4.69, 9.17) is 11.6 Å². The molecule has 13 heteroatoms. The number of amides is 1. The quantitative estimate of drug-likeness (QED) is 0.770. The highest BCUT2D eigenvalue weighted by Crippen LogP contribution is 2.43. The van der Waals surface area contributed by atoms with Crippen molar-refractivity contribution in [1.29, 1.82) is 0 Å². The first-order valence-electron chi connectivity index (χ1n) is 6.64. The zero-order chi connectivity index (χ0) is 18.6. The van der Waals surface area contributed by atoms with Crippen molar-refractivity contribution in [2.24, 2.45) is 4.99 Å². The van der Waals surface area contributed by atoms with Crippen molar-refractivity contribution < 1.29 is 36.1 Å². The summed E-state index contributed by atoms with van der Waals surface area (Å²) in [6, 6.07) is 0.451. The Hall–Kier alpha value is -1.69. The highest BCUT2D eigenvalue weighted by atomic mass is 35.5. The second-order valence-electron chi connectivity index (χ2n) is 5.14. The first-order chi connectivity index (χ1) is 11.5. The van der Waals surface area contributed by atoms with Crippen molar-refractivity contribution >= 4 is 40.3 Å². The van der Waals surface area contributed by atoms with E-state index >= 15 is 0 Å². The fourth-order valence-corrected chi connectivity index (χ4v) is 3.52. The molecule has 1 amide bonds. The summed E-state index contributed by atoms with van der Waals surface area (Å²) in [5, 5.41) is 1.09. The smallest absolute Gasteiger partial charge is 0.284 e. The SMILES string of the molecule is O=C1N2CCSC2=N[C@@]1(Nc1[nH+]cc(C(F)(F)F)cc1Cl)C(F)(F)F. The van der Waals surface area contributed by atoms with Crippen LogP contribution in [0, 0.1) is 0 Å². The third kappa shape index (κ3) is 2.90. The van der Waals surface area contributed by atoms with Gasteiger partial charge in [0.05, 0.1) is 5.56 Å². The standard InChI is InChI=1S/C12H7ClF6N4OS/c13-6-3-5(11(14,15)16)4-20-7(6)21-10(12(17,18)19)8(24)23-1-2-25-9(23)22-10/h3-4H,1-2H2,(H,20,21)/p+1/t10-/m1/s1. The third-order valence-electron chi connectivity index (χ3n) is 3.53. The molecular weight excluding hydrogens is 398 g/mol. The van der Waals surface area contributed by atoms with E-state index in [1.54, 1.807) is 0 Å². The average Bonchev–Trinajstić information content (AvgIpc) is 3.02. The predicted molar refractivity (Wildman–Crippen MR) is 77.0 cm³/mol. The Morgan fingerprint density at radius 3 is 2.52 bits per heavy atom. The van der Waals surface area contributed by atoms with Crippen LogP contribution in [-0.2, 0) is 11.0 Å². The number of nitrogens with zero attached hydrogens (tertiary/aromatic N) is 2. The zero-order valence-electron chi connectivity index (χ0n) is 11.9. The van der Waals surface area contributed by atoms with E-state index in [9.17, 15) is 31.1 Å². The maximum absolute atomic E-state index is 13.6. The summed E-state index contributed by atoms with van der Waals surface area (Å²) >= 11 is 6.63. The molecule has 1 fully saturated rings. The molecule has 25 heavy (non-hydrogen) atoms. The number of rotatable bonds is 2. The minimum atomic E-state index is -5.14. The Labute approximate surface area is 145 Å². The molecule has 1 aromatic heterocycles. The number of nitrogens with one attached hydrogen (secondary N) is 2. The van der Waals surface area contributed by atoms with E-state index in [2.05, 4.69) is 4.99 Å². The van der Waals surface area contributed by atoms with E-state index < -0.39 is 40.3 Å². The van der Waals surface area contributed by atoms with Crippen molar-refractivity contribution in [3.8, 4) is 0 Å². The minimum Gasteiger partial charge on any atom is -0.284 e. The molecule has 2 aliphatic heterocycles. The first kappa shape index (κ1) is 18.1. The van der Waals surface area contributed by atoms with Gasteiger partial charge in [-0.15, -0.1) is 0 Å². The van der Waals surface area contributed by atoms with Crippen LogP contribution >= 0.6 is 23.4 Å². The molecule has 0 aromatic carbocycles. The van der Waals surface area contributed by atoms with Gasteiger partial charge in [-0.2, -0.15) is 31.3 Å². The summed E-state index contributed by atoms with van der Waals surface area (Å²) in [4.78, 5) is 18.6. The van der Waals surface area contributed by atoms with E-state index in [1.165, 1.54) is 0 Å². The number of hydrogen-bond donors (Lipinski definition) is 1. The zero-order valence-corrected chi connectivity index (χ0v) is 13.5. The number of H-pyrrole nitrogens is 1. The van der Waals surface area contributed by atoms with Gasteiger partial charge in [0.1, 0.15) is 11.2 Å². The monoisotopic (exact) mass is 405 g/mol. The number of alkyl halides is 6. The van der Waals surface area contributed by atoms with E-state index in [1.807, 2.05) is 10.3 Å². The highest BCUT2D eigenvalue weighted by molar-refractivity contribution is 8.14. The van der Waals surface area contributed by atoms with Crippen LogP contribution in [0.4, 0.5) is 32.2 Å². The molecule has 1 aromatic rings. The number of hydrogen-bond acceptors (Lipinski definition) is 4. The molecule has 136 valence electrons. The number of carbonyl (C=O) groups excluding carboxylic acids is 1. The van der Waals surface area contributed by atoms with Crippen molar-refractivity contribution in [3.63, 3.8) is 0 Å². The van der Waals surface area contributed by atoms with Gasteiger partial charge in [0, 0.05) is 12.3 Å². The van der Waals surface area contributed by atoms with Gasteiger partial charge in [-0.3, -0.25) is 9.69 Å². The largest absolute Gasteiger partial charge is 0.464 e. The summed E-state index contributed by atoms with van der Waals surface area (Å²) in [5.74, 6) is -1.55. The van der Waals surface area contributed by atoms with Crippen molar-refractivity contribution in [1.82, 2.24) is 4.90 Å². The fraction of sp³-hybridized carbons (Fsp3) is 0.417. The molecule has 2 N–H and O–H groups in total. The predicted octanol–water partition coefficient (Wildman–Crippen LogP) is 2.79. The number of anilines is 1. The molecule has 0 saturated carbocycles. The number of aromatic nitrogens is 1. The Balaban J connectivity index is 2.02. The molecule has 5 nitrogen and oxygen atoms in total. The maximum atomic E-state index is 13.6. The lowest BCUT2D eigenvalue weighted by molar-refractivity contribution is -0.366. The molecule has 2 aliphatic rings. The van der Waals surface area contributed by atoms with Gasteiger partial charge < -0.3 is 0 Å². The normalized spacial score (nSPS) is 23.7. The van der Waals surface area contributed by atoms with Gasteiger partial charge in [0.15, 0.2) is 5.17 Å². The lowest BCUT2D eigenvalue weighted by atomic mass is 10.1. The summed E-state index contributed by atoms with van der Waals surface area (Å²) in [5.41, 5.74) is -4.51. The summed E-state index contributed by atoms with van der Waals surface area (Å²) < 4.78 is 78.7. The number of amidine groups is 1. The van der Waals surface area contributed by atoms with Crippen LogP contribution in [0.15, 0.2) is 17.3 Å². The van der Waals surface area contributed by atoms with Crippen LogP contribution in [0.25, 0.3) is 0 Å². The van der Waals surface area contributed by atoms with Gasteiger partial charge in [0.25, 0.3) is 5.82 Å². The average molecular weight is 406 g/mol. The molecule has 0 spiro atoms. The topological polar surface area (TPSA) is 58.8 Å². The Morgan fingerprint density at radius 2 is 2.00 bits per heavy atom. The van der Waals surface area contributed by atoms with E-state index in [0.717, 1.165) is 16.7 Å². The van der Waals surface area contributed by atoms with Crippen LogP contribution < -0.4 is 10.3 Å². The number of carbonyl (C=O) groups is 1. The molecule has 0 unspecified atom stereocenters. The lowest BCUT2D eigenvalue weighted by Gasteiger charge is -2.24. The number of fused-ring (bicyclic) bond motifs is 1.